The van der Waals surface area contributed by atoms with E-state index in [0.717, 1.165) is 13.0 Å². The Morgan fingerprint density at radius 1 is 1.67 bits per heavy atom. The first-order valence-electron chi connectivity index (χ1n) is 6.20. The topological polar surface area (TPSA) is 90.1 Å². The molecule has 1 aliphatic rings. The Hall–Kier alpha value is -1.50. The quantitative estimate of drug-likeness (QED) is 0.838. The maximum atomic E-state index is 10.8. The van der Waals surface area contributed by atoms with Gasteiger partial charge in [-0.2, -0.15) is 0 Å². The van der Waals surface area contributed by atoms with Gasteiger partial charge in [0.1, 0.15) is 6.10 Å². The Morgan fingerprint density at radius 2 is 2.44 bits per heavy atom. The molecule has 0 spiro atoms. The van der Waals surface area contributed by atoms with Crippen molar-refractivity contribution in [2.45, 2.75) is 39.3 Å². The molecule has 2 heterocycles. The molecule has 1 N–H and O–H groups in total. The highest BCUT2D eigenvalue weighted by Crippen LogP contribution is 2.32. The van der Waals surface area contributed by atoms with Crippen LogP contribution in [0.5, 0.6) is 0 Å². The number of aliphatic carboxylic acids is 1. The Bertz CT molecular complexity index is 420. The van der Waals surface area contributed by atoms with Gasteiger partial charge in [0.05, 0.1) is 5.92 Å². The average Bonchev–Trinajstić information content (AvgIpc) is 2.93. The fourth-order valence-electron chi connectivity index (χ4n) is 2.04. The van der Waals surface area contributed by atoms with Crippen molar-refractivity contribution in [1.82, 2.24) is 20.2 Å². The van der Waals surface area contributed by atoms with Gasteiger partial charge in [-0.3, -0.25) is 4.79 Å². The monoisotopic (exact) mass is 254 g/mol. The van der Waals surface area contributed by atoms with Crippen molar-refractivity contribution in [2.24, 2.45) is 11.8 Å². The van der Waals surface area contributed by atoms with E-state index in [4.69, 9.17) is 9.84 Å². The normalized spacial score (nSPS) is 25.2. The Balaban J connectivity index is 2.01. The largest absolute Gasteiger partial charge is 0.481 e. The number of ether oxygens (including phenoxy) is 1. The maximum absolute atomic E-state index is 10.8. The average molecular weight is 254 g/mol. The SMILES string of the molecule is CC(CCn1nnnc1C1OCCC1C)C(=O)O. The highest BCUT2D eigenvalue weighted by Gasteiger charge is 2.30. The maximum Gasteiger partial charge on any atom is 0.306 e. The Labute approximate surface area is 105 Å². The number of aryl methyl sites for hydroxylation is 1. The molecule has 1 aromatic heterocycles. The molecule has 7 heteroatoms. The van der Waals surface area contributed by atoms with Crippen LogP contribution in [-0.2, 0) is 16.1 Å². The summed E-state index contributed by atoms with van der Waals surface area (Å²) in [6.45, 7) is 5.02. The molecule has 7 nitrogen and oxygen atoms in total. The molecule has 18 heavy (non-hydrogen) atoms. The molecule has 0 aliphatic carbocycles. The molecule has 100 valence electrons. The van der Waals surface area contributed by atoms with E-state index in [1.54, 1.807) is 11.6 Å². The predicted molar refractivity (Wildman–Crippen MR) is 61.7 cm³/mol. The summed E-state index contributed by atoms with van der Waals surface area (Å²) in [4.78, 5) is 10.8. The summed E-state index contributed by atoms with van der Waals surface area (Å²) in [7, 11) is 0. The molecule has 0 radical (unpaired) electrons. The predicted octanol–water partition coefficient (Wildman–Crippen LogP) is 0.881. The Morgan fingerprint density at radius 3 is 3.06 bits per heavy atom. The van der Waals surface area contributed by atoms with Gasteiger partial charge < -0.3 is 9.84 Å². The number of tetrazole rings is 1. The van der Waals surface area contributed by atoms with Gasteiger partial charge in [0.15, 0.2) is 5.82 Å². The van der Waals surface area contributed by atoms with E-state index in [2.05, 4.69) is 22.4 Å². The van der Waals surface area contributed by atoms with Crippen LogP contribution in [0, 0.1) is 11.8 Å². The van der Waals surface area contributed by atoms with E-state index in [9.17, 15) is 4.79 Å². The lowest BCUT2D eigenvalue weighted by atomic mass is 10.0. The van der Waals surface area contributed by atoms with Crippen molar-refractivity contribution in [3.05, 3.63) is 5.82 Å². The number of hydrogen-bond acceptors (Lipinski definition) is 5. The van der Waals surface area contributed by atoms with E-state index in [1.165, 1.54) is 0 Å². The van der Waals surface area contributed by atoms with Crippen molar-refractivity contribution in [3.63, 3.8) is 0 Å². The lowest BCUT2D eigenvalue weighted by Gasteiger charge is -2.14. The van der Waals surface area contributed by atoms with E-state index in [-0.39, 0.29) is 6.10 Å². The summed E-state index contributed by atoms with van der Waals surface area (Å²) in [5, 5.41) is 20.4. The molecule has 1 aliphatic heterocycles. The smallest absolute Gasteiger partial charge is 0.306 e. The Kier molecular flexibility index (Phi) is 3.90. The molecule has 1 saturated heterocycles. The first-order valence-corrected chi connectivity index (χ1v) is 6.20. The van der Waals surface area contributed by atoms with Gasteiger partial charge in [-0.25, -0.2) is 4.68 Å². The van der Waals surface area contributed by atoms with Gasteiger partial charge in [0, 0.05) is 13.2 Å². The number of carbonyl (C=O) groups is 1. The van der Waals surface area contributed by atoms with E-state index in [1.807, 2.05) is 0 Å². The molecular formula is C11H18N4O3. The zero-order valence-corrected chi connectivity index (χ0v) is 10.6. The zero-order chi connectivity index (χ0) is 13.1. The van der Waals surface area contributed by atoms with E-state index in [0.29, 0.717) is 24.7 Å². The van der Waals surface area contributed by atoms with Crippen molar-refractivity contribution < 1.29 is 14.6 Å². The third-order valence-corrected chi connectivity index (χ3v) is 3.40. The van der Waals surface area contributed by atoms with Crippen LogP contribution in [0.3, 0.4) is 0 Å². The van der Waals surface area contributed by atoms with Gasteiger partial charge in [0.25, 0.3) is 0 Å². The first kappa shape index (κ1) is 12.9. The van der Waals surface area contributed by atoms with Crippen LogP contribution in [-0.4, -0.2) is 37.9 Å². The number of hydrogen-bond donors (Lipinski definition) is 1. The van der Waals surface area contributed by atoms with Gasteiger partial charge >= 0.3 is 5.97 Å². The lowest BCUT2D eigenvalue weighted by molar-refractivity contribution is -0.141. The second-order valence-corrected chi connectivity index (χ2v) is 4.85. The summed E-state index contributed by atoms with van der Waals surface area (Å²) in [5.74, 6) is -0.0942. The first-order chi connectivity index (χ1) is 8.59. The van der Waals surface area contributed by atoms with Crippen LogP contribution in [0.15, 0.2) is 0 Å². The van der Waals surface area contributed by atoms with Gasteiger partial charge in [-0.15, -0.1) is 5.10 Å². The van der Waals surface area contributed by atoms with Crippen LogP contribution in [0.2, 0.25) is 0 Å². The van der Waals surface area contributed by atoms with Crippen LogP contribution >= 0.6 is 0 Å². The molecule has 3 atom stereocenters. The molecular weight excluding hydrogens is 236 g/mol. The minimum Gasteiger partial charge on any atom is -0.481 e. The fourth-order valence-corrected chi connectivity index (χ4v) is 2.04. The lowest BCUT2D eigenvalue weighted by Crippen LogP contribution is -2.17. The van der Waals surface area contributed by atoms with E-state index < -0.39 is 11.9 Å². The van der Waals surface area contributed by atoms with Gasteiger partial charge in [-0.1, -0.05) is 13.8 Å². The standard InChI is InChI=1S/C11H18N4O3/c1-7-4-6-18-9(7)10-12-13-14-15(10)5-3-8(2)11(16)17/h7-9H,3-6H2,1-2H3,(H,16,17). The van der Waals surface area contributed by atoms with E-state index >= 15 is 0 Å². The van der Waals surface area contributed by atoms with Crippen molar-refractivity contribution >= 4 is 5.97 Å². The van der Waals surface area contributed by atoms with Crippen LogP contribution in [0.1, 0.15) is 38.6 Å². The van der Waals surface area contributed by atoms with Gasteiger partial charge in [-0.05, 0) is 29.2 Å². The summed E-state index contributed by atoms with van der Waals surface area (Å²) in [6.07, 6.45) is 1.44. The van der Waals surface area contributed by atoms with Crippen LogP contribution in [0.4, 0.5) is 0 Å². The van der Waals surface area contributed by atoms with Crippen LogP contribution < -0.4 is 0 Å². The molecule has 2 rings (SSSR count). The number of carboxylic acids is 1. The summed E-state index contributed by atoms with van der Waals surface area (Å²) >= 11 is 0. The third-order valence-electron chi connectivity index (χ3n) is 3.40. The third kappa shape index (κ3) is 2.66. The van der Waals surface area contributed by atoms with Crippen molar-refractivity contribution in [1.29, 1.82) is 0 Å². The number of aromatic nitrogens is 4. The molecule has 1 aromatic rings. The fraction of sp³-hybridized carbons (Fsp3) is 0.818. The molecule has 3 unspecified atom stereocenters. The second kappa shape index (κ2) is 5.43. The minimum absolute atomic E-state index is 0.0693. The van der Waals surface area contributed by atoms with Gasteiger partial charge in [0.2, 0.25) is 0 Å². The van der Waals surface area contributed by atoms with Crippen molar-refractivity contribution in [3.8, 4) is 0 Å². The highest BCUT2D eigenvalue weighted by atomic mass is 16.5. The molecule has 0 aromatic carbocycles. The summed E-state index contributed by atoms with van der Waals surface area (Å²) in [5.41, 5.74) is 0. The van der Waals surface area contributed by atoms with Crippen molar-refractivity contribution in [2.75, 3.05) is 6.61 Å². The number of carboxylic acid groups (broad SMARTS) is 1. The molecule has 1 fully saturated rings. The number of nitrogens with zero attached hydrogens (tertiary/aromatic N) is 4. The molecule has 0 amide bonds. The molecule has 0 bridgehead atoms. The molecule has 0 saturated carbocycles. The second-order valence-electron chi connectivity index (χ2n) is 4.85. The highest BCUT2D eigenvalue weighted by molar-refractivity contribution is 5.69. The summed E-state index contributed by atoms with van der Waals surface area (Å²) < 4.78 is 7.28. The number of rotatable bonds is 5. The zero-order valence-electron chi connectivity index (χ0n) is 10.6. The van der Waals surface area contributed by atoms with Crippen LogP contribution in [0.25, 0.3) is 0 Å². The summed E-state index contributed by atoms with van der Waals surface area (Å²) in [6, 6.07) is 0. The minimum atomic E-state index is -0.796.